The van der Waals surface area contributed by atoms with Crippen LogP contribution in [0.5, 0.6) is 0 Å². The highest BCUT2D eigenvalue weighted by Gasteiger charge is 2.12. The first-order valence-electron chi connectivity index (χ1n) is 5.47. The number of rotatable bonds is 3. The van der Waals surface area contributed by atoms with Gasteiger partial charge in [-0.15, -0.1) is 0 Å². The van der Waals surface area contributed by atoms with Crippen LogP contribution in [0, 0.1) is 0 Å². The number of nitrogens with one attached hydrogen (secondary N) is 1. The van der Waals surface area contributed by atoms with Gasteiger partial charge in [-0.3, -0.25) is 0 Å². The molecule has 2 aromatic rings. The number of aliphatic hydroxyl groups is 1. The Morgan fingerprint density at radius 3 is 2.76 bits per heavy atom. The van der Waals surface area contributed by atoms with Gasteiger partial charge in [-0.05, 0) is 26.0 Å². The van der Waals surface area contributed by atoms with Crippen molar-refractivity contribution in [3.05, 3.63) is 35.4 Å². The second-order valence-corrected chi connectivity index (χ2v) is 5.08. The molecule has 2 N–H and O–H groups in total. The SMILES string of the molecule is CC(C)(O)CNc1cc(Cl)c2ccccc2n1. The average molecular weight is 251 g/mol. The maximum Gasteiger partial charge on any atom is 0.128 e. The number of hydrogen-bond donors (Lipinski definition) is 2. The van der Waals surface area contributed by atoms with Crippen molar-refractivity contribution in [2.24, 2.45) is 0 Å². The Kier molecular flexibility index (Phi) is 3.22. The van der Waals surface area contributed by atoms with Crippen LogP contribution in [-0.2, 0) is 0 Å². The Labute approximate surface area is 105 Å². The number of benzene rings is 1. The predicted molar refractivity (Wildman–Crippen MR) is 71.5 cm³/mol. The maximum atomic E-state index is 9.64. The van der Waals surface area contributed by atoms with Gasteiger partial charge in [-0.1, -0.05) is 29.8 Å². The summed E-state index contributed by atoms with van der Waals surface area (Å²) in [6.45, 7) is 3.90. The van der Waals surface area contributed by atoms with Crippen LogP contribution in [0.15, 0.2) is 30.3 Å². The molecule has 0 saturated carbocycles. The normalized spacial score (nSPS) is 11.8. The van der Waals surface area contributed by atoms with Gasteiger partial charge in [-0.25, -0.2) is 4.98 Å². The van der Waals surface area contributed by atoms with Gasteiger partial charge in [0.1, 0.15) is 5.82 Å². The minimum Gasteiger partial charge on any atom is -0.389 e. The monoisotopic (exact) mass is 250 g/mol. The summed E-state index contributed by atoms with van der Waals surface area (Å²) < 4.78 is 0. The zero-order valence-electron chi connectivity index (χ0n) is 9.87. The van der Waals surface area contributed by atoms with Gasteiger partial charge >= 0.3 is 0 Å². The molecule has 1 aromatic carbocycles. The molecule has 0 aliphatic rings. The van der Waals surface area contributed by atoms with Gasteiger partial charge in [-0.2, -0.15) is 0 Å². The van der Waals surface area contributed by atoms with E-state index in [1.807, 2.05) is 24.3 Å². The fraction of sp³-hybridized carbons (Fsp3) is 0.308. The topological polar surface area (TPSA) is 45.1 Å². The van der Waals surface area contributed by atoms with Crippen LogP contribution in [0.1, 0.15) is 13.8 Å². The molecule has 4 heteroatoms. The van der Waals surface area contributed by atoms with Crippen molar-refractivity contribution < 1.29 is 5.11 Å². The Morgan fingerprint density at radius 2 is 2.06 bits per heavy atom. The maximum absolute atomic E-state index is 9.64. The minimum absolute atomic E-state index is 0.425. The van der Waals surface area contributed by atoms with E-state index in [9.17, 15) is 5.11 Å². The van der Waals surface area contributed by atoms with Gasteiger partial charge < -0.3 is 10.4 Å². The van der Waals surface area contributed by atoms with E-state index >= 15 is 0 Å². The molecule has 1 aromatic heterocycles. The number of fused-ring (bicyclic) bond motifs is 1. The zero-order valence-corrected chi connectivity index (χ0v) is 10.6. The fourth-order valence-electron chi connectivity index (χ4n) is 1.53. The summed E-state index contributed by atoms with van der Waals surface area (Å²) in [6.07, 6.45) is 0. The van der Waals surface area contributed by atoms with Crippen LogP contribution in [0.3, 0.4) is 0 Å². The van der Waals surface area contributed by atoms with Gasteiger partial charge in [0.15, 0.2) is 0 Å². The molecule has 2 rings (SSSR count). The molecule has 3 nitrogen and oxygen atoms in total. The standard InChI is InChI=1S/C13H15ClN2O/c1-13(2,17)8-15-12-7-10(14)9-5-3-4-6-11(9)16-12/h3-7,17H,8H2,1-2H3,(H,15,16). The largest absolute Gasteiger partial charge is 0.389 e. The first kappa shape index (κ1) is 12.1. The first-order chi connectivity index (χ1) is 7.96. The van der Waals surface area contributed by atoms with E-state index in [4.69, 9.17) is 11.6 Å². The summed E-state index contributed by atoms with van der Waals surface area (Å²) in [7, 11) is 0. The van der Waals surface area contributed by atoms with Crippen molar-refractivity contribution in [3.8, 4) is 0 Å². The third-order valence-electron chi connectivity index (χ3n) is 2.37. The van der Waals surface area contributed by atoms with Crippen LogP contribution in [0.4, 0.5) is 5.82 Å². The molecular weight excluding hydrogens is 236 g/mol. The lowest BCUT2D eigenvalue weighted by molar-refractivity contribution is 0.0944. The first-order valence-corrected chi connectivity index (χ1v) is 5.85. The van der Waals surface area contributed by atoms with Crippen molar-refractivity contribution in [2.45, 2.75) is 19.4 Å². The van der Waals surface area contributed by atoms with Gasteiger partial charge in [0.25, 0.3) is 0 Å². The molecule has 0 aliphatic heterocycles. The lowest BCUT2D eigenvalue weighted by Crippen LogP contribution is -2.29. The lowest BCUT2D eigenvalue weighted by Gasteiger charge is -2.18. The summed E-state index contributed by atoms with van der Waals surface area (Å²) in [5.74, 6) is 0.677. The minimum atomic E-state index is -0.778. The molecule has 17 heavy (non-hydrogen) atoms. The van der Waals surface area contributed by atoms with Crippen LogP contribution < -0.4 is 5.32 Å². The number of anilines is 1. The van der Waals surface area contributed by atoms with E-state index in [-0.39, 0.29) is 0 Å². The van der Waals surface area contributed by atoms with E-state index in [1.54, 1.807) is 19.9 Å². The van der Waals surface area contributed by atoms with Crippen molar-refractivity contribution in [1.29, 1.82) is 0 Å². The van der Waals surface area contributed by atoms with E-state index in [2.05, 4.69) is 10.3 Å². The number of hydrogen-bond acceptors (Lipinski definition) is 3. The van der Waals surface area contributed by atoms with Gasteiger partial charge in [0, 0.05) is 11.9 Å². The number of aromatic nitrogens is 1. The summed E-state index contributed by atoms with van der Waals surface area (Å²) in [6, 6.07) is 9.47. The molecule has 0 bridgehead atoms. The molecule has 0 atom stereocenters. The summed E-state index contributed by atoms with van der Waals surface area (Å²) in [5.41, 5.74) is 0.0676. The summed E-state index contributed by atoms with van der Waals surface area (Å²) in [4.78, 5) is 4.43. The highest BCUT2D eigenvalue weighted by atomic mass is 35.5. The molecule has 0 unspecified atom stereocenters. The van der Waals surface area contributed by atoms with E-state index < -0.39 is 5.60 Å². The molecule has 0 amide bonds. The molecule has 0 saturated heterocycles. The van der Waals surface area contributed by atoms with E-state index in [1.165, 1.54) is 0 Å². The van der Waals surface area contributed by atoms with Gasteiger partial charge in [0.05, 0.1) is 16.1 Å². The average Bonchev–Trinajstić information content (AvgIpc) is 2.26. The van der Waals surface area contributed by atoms with Gasteiger partial charge in [0.2, 0.25) is 0 Å². The van der Waals surface area contributed by atoms with Crippen LogP contribution in [0.25, 0.3) is 10.9 Å². The quantitative estimate of drug-likeness (QED) is 0.880. The smallest absolute Gasteiger partial charge is 0.128 e. The van der Waals surface area contributed by atoms with Crippen molar-refractivity contribution in [3.63, 3.8) is 0 Å². The van der Waals surface area contributed by atoms with E-state index in [0.717, 1.165) is 10.9 Å². The Hall–Kier alpha value is -1.32. The fourth-order valence-corrected chi connectivity index (χ4v) is 1.79. The Morgan fingerprint density at radius 1 is 1.35 bits per heavy atom. The Balaban J connectivity index is 2.31. The number of nitrogens with zero attached hydrogens (tertiary/aromatic N) is 1. The molecule has 0 aliphatic carbocycles. The highest BCUT2D eigenvalue weighted by Crippen LogP contribution is 2.24. The van der Waals surface area contributed by atoms with Crippen molar-refractivity contribution in [2.75, 3.05) is 11.9 Å². The third-order valence-corrected chi connectivity index (χ3v) is 2.68. The summed E-state index contributed by atoms with van der Waals surface area (Å²) >= 11 is 6.17. The van der Waals surface area contributed by atoms with Crippen LogP contribution in [-0.4, -0.2) is 22.2 Å². The molecule has 0 spiro atoms. The lowest BCUT2D eigenvalue weighted by atomic mass is 10.1. The molecule has 0 fully saturated rings. The van der Waals surface area contributed by atoms with Crippen LogP contribution >= 0.6 is 11.6 Å². The molecule has 0 radical (unpaired) electrons. The second kappa shape index (κ2) is 4.51. The predicted octanol–water partition coefficient (Wildman–Crippen LogP) is 3.07. The molecule has 90 valence electrons. The third kappa shape index (κ3) is 3.08. The Bertz CT molecular complexity index is 534. The number of para-hydroxylation sites is 1. The highest BCUT2D eigenvalue weighted by molar-refractivity contribution is 6.35. The molecule has 1 heterocycles. The van der Waals surface area contributed by atoms with E-state index in [0.29, 0.717) is 17.4 Å². The summed E-state index contributed by atoms with van der Waals surface area (Å²) in [5, 5.41) is 14.3. The number of halogens is 1. The molecular formula is C13H15ClN2O. The van der Waals surface area contributed by atoms with Crippen molar-refractivity contribution >= 4 is 28.3 Å². The number of pyridine rings is 1. The van der Waals surface area contributed by atoms with Crippen LogP contribution in [0.2, 0.25) is 5.02 Å². The van der Waals surface area contributed by atoms with Crippen molar-refractivity contribution in [1.82, 2.24) is 4.98 Å². The second-order valence-electron chi connectivity index (χ2n) is 4.67. The zero-order chi connectivity index (χ0) is 12.5.